The fraction of sp³-hybridized carbons (Fsp3) is 0.400. The lowest BCUT2D eigenvalue weighted by Crippen LogP contribution is -2.46. The number of carbonyl (C=O) groups excluding carboxylic acids is 2. The summed E-state index contributed by atoms with van der Waals surface area (Å²) in [5.74, 6) is -1.94. The van der Waals surface area contributed by atoms with Gasteiger partial charge in [-0.2, -0.15) is 0 Å². The zero-order chi connectivity index (χ0) is 15.2. The summed E-state index contributed by atoms with van der Waals surface area (Å²) in [6.45, 7) is 0.652. The molecule has 0 radical (unpaired) electrons. The van der Waals surface area contributed by atoms with E-state index >= 15 is 0 Å². The van der Waals surface area contributed by atoms with Gasteiger partial charge in [0.15, 0.2) is 0 Å². The van der Waals surface area contributed by atoms with Crippen LogP contribution in [0.1, 0.15) is 23.2 Å². The van der Waals surface area contributed by atoms with Crippen molar-refractivity contribution in [2.45, 2.75) is 12.8 Å². The highest BCUT2D eigenvalue weighted by Crippen LogP contribution is 2.16. The maximum Gasteiger partial charge on any atom is 0.308 e. The first-order valence-corrected chi connectivity index (χ1v) is 6.92. The van der Waals surface area contributed by atoms with Crippen LogP contribution in [0.5, 0.6) is 0 Å². The van der Waals surface area contributed by atoms with Gasteiger partial charge in [-0.25, -0.2) is 0 Å². The Hall–Kier alpha value is -2.37. The van der Waals surface area contributed by atoms with E-state index in [2.05, 4.69) is 5.32 Å². The molecular weight excluding hydrogens is 272 g/mol. The minimum Gasteiger partial charge on any atom is -0.481 e. The van der Waals surface area contributed by atoms with Crippen molar-refractivity contribution < 1.29 is 19.5 Å². The Morgan fingerprint density at radius 1 is 1.24 bits per heavy atom. The third kappa shape index (κ3) is 4.05. The van der Waals surface area contributed by atoms with Crippen LogP contribution in [-0.2, 0) is 9.59 Å². The highest BCUT2D eigenvalue weighted by molar-refractivity contribution is 5.96. The maximum atomic E-state index is 12.0. The van der Waals surface area contributed by atoms with Crippen LogP contribution in [0.3, 0.4) is 0 Å². The van der Waals surface area contributed by atoms with Crippen molar-refractivity contribution >= 4 is 17.8 Å². The van der Waals surface area contributed by atoms with Crippen molar-refractivity contribution in [2.24, 2.45) is 5.92 Å². The molecule has 0 aliphatic carbocycles. The van der Waals surface area contributed by atoms with Crippen LogP contribution in [0.4, 0.5) is 0 Å². The molecule has 1 atom stereocenters. The Kier molecular flexibility index (Phi) is 4.92. The average Bonchev–Trinajstić information content (AvgIpc) is 2.53. The largest absolute Gasteiger partial charge is 0.481 e. The number of carbonyl (C=O) groups is 3. The van der Waals surface area contributed by atoms with Crippen LogP contribution in [0, 0.1) is 5.92 Å². The van der Waals surface area contributed by atoms with Crippen LogP contribution in [0.25, 0.3) is 0 Å². The van der Waals surface area contributed by atoms with Gasteiger partial charge in [-0.3, -0.25) is 14.4 Å². The number of hydrogen-bond acceptors (Lipinski definition) is 3. The molecule has 1 aliphatic heterocycles. The van der Waals surface area contributed by atoms with Crippen molar-refractivity contribution in [2.75, 3.05) is 19.6 Å². The summed E-state index contributed by atoms with van der Waals surface area (Å²) in [6, 6.07) is 8.64. The van der Waals surface area contributed by atoms with Gasteiger partial charge in [-0.1, -0.05) is 18.2 Å². The second kappa shape index (κ2) is 6.88. The molecule has 1 saturated heterocycles. The Balaban J connectivity index is 1.84. The van der Waals surface area contributed by atoms with Gasteiger partial charge in [-0.15, -0.1) is 0 Å². The normalized spacial score (nSPS) is 18.1. The van der Waals surface area contributed by atoms with Gasteiger partial charge in [0.05, 0.1) is 12.5 Å². The van der Waals surface area contributed by atoms with E-state index in [4.69, 9.17) is 5.11 Å². The van der Waals surface area contributed by atoms with Crippen LogP contribution < -0.4 is 5.32 Å². The van der Waals surface area contributed by atoms with E-state index in [1.165, 1.54) is 4.90 Å². The van der Waals surface area contributed by atoms with Crippen LogP contribution >= 0.6 is 0 Å². The van der Waals surface area contributed by atoms with Crippen molar-refractivity contribution in [3.8, 4) is 0 Å². The third-order valence-corrected chi connectivity index (χ3v) is 3.56. The number of nitrogens with zero attached hydrogens (tertiary/aromatic N) is 1. The Bertz CT molecular complexity index is 530. The molecule has 1 heterocycles. The fourth-order valence-electron chi connectivity index (χ4n) is 2.36. The molecule has 21 heavy (non-hydrogen) atoms. The molecule has 0 saturated carbocycles. The van der Waals surface area contributed by atoms with Crippen LogP contribution in [0.2, 0.25) is 0 Å². The quantitative estimate of drug-likeness (QED) is 0.856. The Labute approximate surface area is 122 Å². The topological polar surface area (TPSA) is 86.7 Å². The van der Waals surface area contributed by atoms with Gasteiger partial charge in [0.2, 0.25) is 5.91 Å². The smallest absolute Gasteiger partial charge is 0.308 e. The number of hydrogen-bond donors (Lipinski definition) is 2. The zero-order valence-electron chi connectivity index (χ0n) is 11.6. The van der Waals surface area contributed by atoms with E-state index < -0.39 is 11.9 Å². The summed E-state index contributed by atoms with van der Waals surface area (Å²) in [7, 11) is 0. The highest BCUT2D eigenvalue weighted by atomic mass is 16.4. The Morgan fingerprint density at radius 2 is 1.95 bits per heavy atom. The predicted molar refractivity (Wildman–Crippen MR) is 75.7 cm³/mol. The third-order valence-electron chi connectivity index (χ3n) is 3.56. The summed E-state index contributed by atoms with van der Waals surface area (Å²) in [5.41, 5.74) is 0.493. The molecule has 0 aromatic heterocycles. The number of aliphatic carboxylic acids is 1. The molecule has 1 aromatic carbocycles. The van der Waals surface area contributed by atoms with Crippen molar-refractivity contribution in [3.05, 3.63) is 35.9 Å². The number of nitrogens with one attached hydrogen (secondary N) is 1. The number of benzene rings is 1. The van der Waals surface area contributed by atoms with E-state index in [1.807, 2.05) is 6.07 Å². The Morgan fingerprint density at radius 3 is 2.62 bits per heavy atom. The van der Waals surface area contributed by atoms with Crippen molar-refractivity contribution in [3.63, 3.8) is 0 Å². The molecule has 1 aliphatic rings. The van der Waals surface area contributed by atoms with E-state index in [9.17, 15) is 14.4 Å². The first-order valence-electron chi connectivity index (χ1n) is 6.92. The molecule has 2 N–H and O–H groups in total. The molecule has 6 nitrogen and oxygen atoms in total. The van der Waals surface area contributed by atoms with Crippen LogP contribution in [-0.4, -0.2) is 47.4 Å². The van der Waals surface area contributed by atoms with E-state index in [0.717, 1.165) is 0 Å². The monoisotopic (exact) mass is 290 g/mol. The first-order chi connectivity index (χ1) is 10.1. The van der Waals surface area contributed by atoms with Gasteiger partial charge in [0.1, 0.15) is 0 Å². The molecule has 1 aromatic rings. The first kappa shape index (κ1) is 15.0. The predicted octanol–water partition coefficient (Wildman–Crippen LogP) is 0.740. The SMILES string of the molecule is O=C(NCC(=O)N1CCC[C@H](C(=O)O)C1)c1ccccc1. The lowest BCUT2D eigenvalue weighted by molar-refractivity contribution is -0.145. The number of piperidine rings is 1. The standard InChI is InChI=1S/C15H18N2O4/c18-13(17-8-4-7-12(10-17)15(20)21)9-16-14(19)11-5-2-1-3-6-11/h1-3,5-6,12H,4,7-10H2,(H,16,19)(H,20,21)/t12-/m0/s1. The summed E-state index contributed by atoms with van der Waals surface area (Å²) >= 11 is 0. The maximum absolute atomic E-state index is 12.0. The second-order valence-corrected chi connectivity index (χ2v) is 5.07. The van der Waals surface area contributed by atoms with E-state index in [1.54, 1.807) is 24.3 Å². The van der Waals surface area contributed by atoms with Gasteiger partial charge >= 0.3 is 5.97 Å². The van der Waals surface area contributed by atoms with Gasteiger partial charge in [0.25, 0.3) is 5.91 Å². The fourth-order valence-corrected chi connectivity index (χ4v) is 2.36. The van der Waals surface area contributed by atoms with Gasteiger partial charge in [0, 0.05) is 18.7 Å². The van der Waals surface area contributed by atoms with E-state index in [0.29, 0.717) is 24.9 Å². The number of likely N-dealkylation sites (tertiary alicyclic amines) is 1. The molecule has 112 valence electrons. The van der Waals surface area contributed by atoms with Gasteiger partial charge < -0.3 is 15.3 Å². The molecular formula is C15H18N2O4. The molecule has 0 spiro atoms. The molecule has 0 bridgehead atoms. The summed E-state index contributed by atoms with van der Waals surface area (Å²) in [5, 5.41) is 11.6. The summed E-state index contributed by atoms with van der Waals surface area (Å²) in [4.78, 5) is 36.3. The number of amides is 2. The van der Waals surface area contributed by atoms with E-state index in [-0.39, 0.29) is 24.9 Å². The molecule has 1 fully saturated rings. The highest BCUT2D eigenvalue weighted by Gasteiger charge is 2.28. The summed E-state index contributed by atoms with van der Waals surface area (Å²) in [6.07, 6.45) is 1.27. The summed E-state index contributed by atoms with van der Waals surface area (Å²) < 4.78 is 0. The van der Waals surface area contributed by atoms with Crippen molar-refractivity contribution in [1.29, 1.82) is 0 Å². The molecule has 6 heteroatoms. The van der Waals surface area contributed by atoms with Crippen LogP contribution in [0.15, 0.2) is 30.3 Å². The van der Waals surface area contributed by atoms with Gasteiger partial charge in [-0.05, 0) is 25.0 Å². The molecule has 0 unspecified atom stereocenters. The number of carboxylic acid groups (broad SMARTS) is 1. The average molecular weight is 290 g/mol. The van der Waals surface area contributed by atoms with Crippen molar-refractivity contribution in [1.82, 2.24) is 10.2 Å². The lowest BCUT2D eigenvalue weighted by Gasteiger charge is -2.30. The minimum absolute atomic E-state index is 0.111. The zero-order valence-corrected chi connectivity index (χ0v) is 11.6. The number of rotatable bonds is 4. The molecule has 2 amide bonds. The minimum atomic E-state index is -0.874. The molecule has 2 rings (SSSR count). The lowest BCUT2D eigenvalue weighted by atomic mass is 9.98. The number of carboxylic acids is 1. The second-order valence-electron chi connectivity index (χ2n) is 5.07.